The van der Waals surface area contributed by atoms with E-state index in [-0.39, 0.29) is 18.2 Å². The highest BCUT2D eigenvalue weighted by Gasteiger charge is 2.27. The van der Waals surface area contributed by atoms with Gasteiger partial charge in [-0.2, -0.15) is 10.4 Å². The number of carbonyl (C=O) groups excluding carboxylic acids is 1. The molecule has 0 aliphatic rings. The lowest BCUT2D eigenvalue weighted by Gasteiger charge is -2.23. The lowest BCUT2D eigenvalue weighted by atomic mass is 10.0. The third kappa shape index (κ3) is 5.28. The molecule has 0 aliphatic heterocycles. The van der Waals surface area contributed by atoms with Crippen LogP contribution in [-0.2, 0) is 0 Å². The normalized spacial score (nSPS) is 12.4. The SMILES string of the molecule is CC(C)Nc1cc(Nc2ccn3ncc(C#N)c3n2)ncc1C(=O)NCC(F)C(C)(C)O. The van der Waals surface area contributed by atoms with Crippen LogP contribution in [0.25, 0.3) is 5.65 Å². The molecule has 0 aliphatic carbocycles. The van der Waals surface area contributed by atoms with Gasteiger partial charge in [0.25, 0.3) is 5.91 Å². The lowest BCUT2D eigenvalue weighted by Crippen LogP contribution is -2.42. The van der Waals surface area contributed by atoms with E-state index in [1.165, 1.54) is 30.8 Å². The van der Waals surface area contributed by atoms with E-state index in [0.717, 1.165) is 0 Å². The first-order chi connectivity index (χ1) is 15.1. The number of hydrogen-bond acceptors (Lipinski definition) is 8. The van der Waals surface area contributed by atoms with Crippen LogP contribution in [0.4, 0.5) is 21.7 Å². The predicted octanol–water partition coefficient (Wildman–Crippen LogP) is 2.40. The molecule has 32 heavy (non-hydrogen) atoms. The smallest absolute Gasteiger partial charge is 0.255 e. The van der Waals surface area contributed by atoms with Crippen molar-refractivity contribution in [2.24, 2.45) is 0 Å². The van der Waals surface area contributed by atoms with Gasteiger partial charge in [-0.25, -0.2) is 18.9 Å². The van der Waals surface area contributed by atoms with E-state index in [1.807, 2.05) is 19.9 Å². The van der Waals surface area contributed by atoms with Crippen LogP contribution in [0.2, 0.25) is 0 Å². The van der Waals surface area contributed by atoms with Crippen molar-refractivity contribution >= 4 is 28.9 Å². The molecule has 168 valence electrons. The number of nitrogens with one attached hydrogen (secondary N) is 3. The molecule has 0 fully saturated rings. The average Bonchev–Trinajstić information content (AvgIpc) is 3.13. The molecule has 11 heteroatoms. The van der Waals surface area contributed by atoms with Gasteiger partial charge in [0.15, 0.2) is 5.65 Å². The van der Waals surface area contributed by atoms with Crippen LogP contribution in [0.15, 0.2) is 30.7 Å². The van der Waals surface area contributed by atoms with Gasteiger partial charge >= 0.3 is 0 Å². The first-order valence-electron chi connectivity index (χ1n) is 10.0. The Hall–Kier alpha value is -3.78. The molecule has 4 N–H and O–H groups in total. The van der Waals surface area contributed by atoms with E-state index in [4.69, 9.17) is 0 Å². The van der Waals surface area contributed by atoms with Crippen LogP contribution >= 0.6 is 0 Å². The molecule has 3 aromatic heterocycles. The first kappa shape index (κ1) is 22.9. The number of nitriles is 1. The first-order valence-corrected chi connectivity index (χ1v) is 10.0. The highest BCUT2D eigenvalue weighted by molar-refractivity contribution is 5.99. The summed E-state index contributed by atoms with van der Waals surface area (Å²) in [5, 5.41) is 31.7. The summed E-state index contributed by atoms with van der Waals surface area (Å²) in [4.78, 5) is 21.3. The Kier molecular flexibility index (Phi) is 6.55. The Morgan fingerprint density at radius 2 is 2.09 bits per heavy atom. The number of rotatable bonds is 8. The van der Waals surface area contributed by atoms with Gasteiger partial charge in [-0.15, -0.1) is 0 Å². The molecule has 0 bridgehead atoms. The number of alkyl halides is 1. The summed E-state index contributed by atoms with van der Waals surface area (Å²) in [5.41, 5.74) is -0.0857. The van der Waals surface area contributed by atoms with Gasteiger partial charge in [0.2, 0.25) is 0 Å². The Balaban J connectivity index is 1.83. The van der Waals surface area contributed by atoms with Crippen molar-refractivity contribution in [3.8, 4) is 6.07 Å². The minimum absolute atomic E-state index is 0.0153. The van der Waals surface area contributed by atoms with Crippen molar-refractivity contribution in [1.29, 1.82) is 5.26 Å². The van der Waals surface area contributed by atoms with Gasteiger partial charge in [-0.05, 0) is 33.8 Å². The number of nitrogens with zero attached hydrogens (tertiary/aromatic N) is 5. The fraction of sp³-hybridized carbons (Fsp3) is 0.381. The second kappa shape index (κ2) is 9.15. The zero-order valence-corrected chi connectivity index (χ0v) is 18.2. The van der Waals surface area contributed by atoms with Crippen LogP contribution in [-0.4, -0.2) is 55.0 Å². The van der Waals surface area contributed by atoms with Crippen molar-refractivity contribution in [1.82, 2.24) is 24.9 Å². The van der Waals surface area contributed by atoms with Crippen LogP contribution in [0, 0.1) is 11.3 Å². The van der Waals surface area contributed by atoms with Gasteiger partial charge < -0.3 is 21.1 Å². The van der Waals surface area contributed by atoms with Crippen molar-refractivity contribution in [3.05, 3.63) is 41.9 Å². The minimum Gasteiger partial charge on any atom is -0.387 e. The maximum Gasteiger partial charge on any atom is 0.255 e. The fourth-order valence-electron chi connectivity index (χ4n) is 2.81. The van der Waals surface area contributed by atoms with E-state index in [2.05, 4.69) is 31.0 Å². The number of halogens is 1. The quantitative estimate of drug-likeness (QED) is 0.419. The molecule has 0 saturated carbocycles. The Morgan fingerprint density at radius 3 is 2.75 bits per heavy atom. The molecule has 3 heterocycles. The zero-order chi connectivity index (χ0) is 23.5. The number of carbonyl (C=O) groups is 1. The molecule has 10 nitrogen and oxygen atoms in total. The van der Waals surface area contributed by atoms with Crippen LogP contribution < -0.4 is 16.0 Å². The number of hydrogen-bond donors (Lipinski definition) is 4. The predicted molar refractivity (Wildman–Crippen MR) is 118 cm³/mol. The highest BCUT2D eigenvalue weighted by atomic mass is 19.1. The van der Waals surface area contributed by atoms with Gasteiger partial charge in [-0.3, -0.25) is 4.79 Å². The third-order valence-electron chi connectivity index (χ3n) is 4.55. The van der Waals surface area contributed by atoms with Crippen LogP contribution in [0.3, 0.4) is 0 Å². The van der Waals surface area contributed by atoms with Crippen molar-refractivity contribution in [2.45, 2.75) is 45.5 Å². The van der Waals surface area contributed by atoms with Gasteiger partial charge in [0, 0.05) is 24.5 Å². The molecule has 1 unspecified atom stereocenters. The number of amides is 1. The summed E-state index contributed by atoms with van der Waals surface area (Å²) >= 11 is 0. The zero-order valence-electron chi connectivity index (χ0n) is 18.2. The van der Waals surface area contributed by atoms with E-state index < -0.39 is 17.7 Å². The van der Waals surface area contributed by atoms with Crippen LogP contribution in [0.5, 0.6) is 0 Å². The number of anilines is 3. The number of pyridine rings is 1. The third-order valence-corrected chi connectivity index (χ3v) is 4.55. The summed E-state index contributed by atoms with van der Waals surface area (Å²) in [6.07, 6.45) is 2.85. The molecule has 0 saturated heterocycles. The minimum atomic E-state index is -1.62. The van der Waals surface area contributed by atoms with Gasteiger partial charge in [0.05, 0.1) is 29.6 Å². The molecule has 1 atom stereocenters. The second-order valence-electron chi connectivity index (χ2n) is 8.12. The van der Waals surface area contributed by atoms with E-state index >= 15 is 0 Å². The van der Waals surface area contributed by atoms with Gasteiger partial charge in [-0.1, -0.05) is 0 Å². The standard InChI is InChI=1S/C21H25FN8O2/c1-12(2)27-15-7-18(24-10-14(15)20(31)25-11-16(22)21(3,4)32)28-17-5-6-30-19(29-17)13(8-23)9-26-30/h5-7,9-10,12,16,32H,11H2,1-4H3,(H,25,31)(H2,24,27,28,29). The molecule has 1 amide bonds. The van der Waals surface area contributed by atoms with Crippen molar-refractivity contribution < 1.29 is 14.3 Å². The Bertz CT molecular complexity index is 1160. The van der Waals surface area contributed by atoms with E-state index in [9.17, 15) is 19.6 Å². The second-order valence-corrected chi connectivity index (χ2v) is 8.12. The topological polar surface area (TPSA) is 140 Å². The lowest BCUT2D eigenvalue weighted by molar-refractivity contribution is -0.00177. The van der Waals surface area contributed by atoms with Gasteiger partial charge in [0.1, 0.15) is 29.4 Å². The number of aliphatic hydroxyl groups is 1. The molecular formula is C21H25FN8O2. The van der Waals surface area contributed by atoms with E-state index in [0.29, 0.717) is 28.5 Å². The number of fused-ring (bicyclic) bond motifs is 1. The Morgan fingerprint density at radius 1 is 1.34 bits per heavy atom. The summed E-state index contributed by atoms with van der Waals surface area (Å²) < 4.78 is 15.5. The largest absolute Gasteiger partial charge is 0.387 e. The van der Waals surface area contributed by atoms with Crippen molar-refractivity contribution in [3.63, 3.8) is 0 Å². The fourth-order valence-corrected chi connectivity index (χ4v) is 2.81. The highest BCUT2D eigenvalue weighted by Crippen LogP contribution is 2.23. The summed E-state index contributed by atoms with van der Waals surface area (Å²) in [6, 6.07) is 5.37. The molecule has 0 spiro atoms. The average molecular weight is 440 g/mol. The maximum absolute atomic E-state index is 14.0. The molecule has 0 aromatic carbocycles. The summed E-state index contributed by atoms with van der Waals surface area (Å²) in [7, 11) is 0. The molecule has 3 rings (SSSR count). The van der Waals surface area contributed by atoms with E-state index in [1.54, 1.807) is 18.3 Å². The monoisotopic (exact) mass is 440 g/mol. The summed E-state index contributed by atoms with van der Waals surface area (Å²) in [6.45, 7) is 6.18. The molecule has 0 radical (unpaired) electrons. The van der Waals surface area contributed by atoms with Crippen molar-refractivity contribution in [2.75, 3.05) is 17.2 Å². The Labute approximate surface area is 184 Å². The maximum atomic E-state index is 14.0. The van der Waals surface area contributed by atoms with Crippen LogP contribution in [0.1, 0.15) is 43.6 Å². The molecular weight excluding hydrogens is 415 g/mol. The molecule has 3 aromatic rings. The summed E-state index contributed by atoms with van der Waals surface area (Å²) in [5.74, 6) is 0.344. The number of aromatic nitrogens is 4.